The second kappa shape index (κ2) is 61.4. The molecule has 0 aromatic carbocycles. The van der Waals surface area contributed by atoms with Crippen LogP contribution in [0, 0.1) is 0 Å². The molecule has 0 heterocycles. The summed E-state index contributed by atoms with van der Waals surface area (Å²) in [5.41, 5.74) is 0. The first-order chi connectivity index (χ1) is 36.5. The Morgan fingerprint density at radius 1 is 0.284 bits per heavy atom. The van der Waals surface area contributed by atoms with Crippen LogP contribution in [0.1, 0.15) is 271 Å². The molecule has 1 atom stereocenters. The summed E-state index contributed by atoms with van der Waals surface area (Å²) < 4.78 is 16.8. The quantitative estimate of drug-likeness (QED) is 0.0261. The molecule has 0 saturated carbocycles. The fourth-order valence-corrected chi connectivity index (χ4v) is 8.14. The highest BCUT2D eigenvalue weighted by molar-refractivity contribution is 5.71. The maximum atomic E-state index is 12.8. The van der Waals surface area contributed by atoms with Crippen LogP contribution in [0.25, 0.3) is 0 Å². The van der Waals surface area contributed by atoms with Crippen LogP contribution in [-0.2, 0) is 28.6 Å². The maximum Gasteiger partial charge on any atom is 0.306 e. The number of ether oxygens (including phenoxy) is 3. The van der Waals surface area contributed by atoms with Gasteiger partial charge in [-0.1, -0.05) is 264 Å². The fraction of sp³-hybridized carbons (Fsp3) is 0.662. The largest absolute Gasteiger partial charge is 0.462 e. The average molecular weight is 1030 g/mol. The zero-order valence-electron chi connectivity index (χ0n) is 48.1. The SMILES string of the molecule is CC/C=C\C/C=C\C/C=C\C/C=C\C/C=C\C/C=C\C/C=C\C/C=C\C/C=C\CCCC(=O)OCC(COC(=O)CCCCCCCCCCCCC)OC(=O)CCCCCCC/C=C\CCCCCCCCC. The third kappa shape index (κ3) is 58.7. The average Bonchev–Trinajstić information content (AvgIpc) is 3.40. The molecular weight excluding hydrogens is 913 g/mol. The van der Waals surface area contributed by atoms with Gasteiger partial charge in [-0.05, 0) is 109 Å². The van der Waals surface area contributed by atoms with Crippen LogP contribution in [0.4, 0.5) is 0 Å². The first kappa shape index (κ1) is 69.8. The molecule has 0 aromatic rings. The highest BCUT2D eigenvalue weighted by Crippen LogP contribution is 2.15. The summed E-state index contributed by atoms with van der Waals surface area (Å²) in [5, 5.41) is 0. The summed E-state index contributed by atoms with van der Waals surface area (Å²) in [6.07, 6.45) is 84.9. The standard InChI is InChI=1S/C68H112O6/c1-4-7-10-13-16-19-22-24-26-28-29-30-31-32-33-34-35-36-37-38-39-40-42-43-46-49-52-55-58-61-67(70)73-64-65(63-72-66(69)60-57-54-51-48-45-21-18-15-12-9-6-3)74-68(71)62-59-56-53-50-47-44-41-27-25-23-20-17-14-11-8-5-2/h7,10,16,19,24,26-27,29-30,32-33,35-36,38-39,41-43,49,52,65H,4-6,8-9,11-15,17-18,20-23,25,28,31,34,37,40,44-48,50-51,53-64H2,1-3H3/b10-7-,19-16-,26-24-,30-29-,33-32-,36-35-,39-38-,41-27-,43-42-,52-49-. The fourth-order valence-electron chi connectivity index (χ4n) is 8.14. The molecule has 0 aliphatic carbocycles. The minimum absolute atomic E-state index is 0.0993. The van der Waals surface area contributed by atoms with Gasteiger partial charge in [0, 0.05) is 19.3 Å². The second-order valence-electron chi connectivity index (χ2n) is 19.9. The highest BCUT2D eigenvalue weighted by Gasteiger charge is 2.19. The number of carbonyl (C=O) groups excluding carboxylic acids is 3. The van der Waals surface area contributed by atoms with Crippen molar-refractivity contribution in [1.82, 2.24) is 0 Å². The Labute approximate surface area is 456 Å². The third-order valence-electron chi connectivity index (χ3n) is 12.7. The van der Waals surface area contributed by atoms with E-state index in [9.17, 15) is 14.4 Å². The van der Waals surface area contributed by atoms with Crippen molar-refractivity contribution in [3.8, 4) is 0 Å². The molecule has 0 saturated heterocycles. The number of carbonyl (C=O) groups is 3. The number of hydrogen-bond acceptors (Lipinski definition) is 6. The molecule has 0 N–H and O–H groups in total. The summed E-state index contributed by atoms with van der Waals surface area (Å²) >= 11 is 0. The lowest BCUT2D eigenvalue weighted by molar-refractivity contribution is -0.167. The molecule has 0 radical (unpaired) electrons. The van der Waals surface area contributed by atoms with Gasteiger partial charge in [-0.25, -0.2) is 0 Å². The zero-order valence-corrected chi connectivity index (χ0v) is 48.1. The van der Waals surface area contributed by atoms with Crippen molar-refractivity contribution in [1.29, 1.82) is 0 Å². The van der Waals surface area contributed by atoms with Crippen LogP contribution in [0.15, 0.2) is 122 Å². The van der Waals surface area contributed by atoms with Crippen LogP contribution >= 0.6 is 0 Å². The first-order valence-corrected chi connectivity index (χ1v) is 30.5. The summed E-state index contributed by atoms with van der Waals surface area (Å²) in [7, 11) is 0. The van der Waals surface area contributed by atoms with E-state index in [-0.39, 0.29) is 37.5 Å². The molecule has 6 nitrogen and oxygen atoms in total. The van der Waals surface area contributed by atoms with Crippen molar-refractivity contribution in [2.24, 2.45) is 0 Å². The molecule has 0 aliphatic heterocycles. The molecule has 74 heavy (non-hydrogen) atoms. The third-order valence-corrected chi connectivity index (χ3v) is 12.7. The van der Waals surface area contributed by atoms with Gasteiger partial charge in [-0.15, -0.1) is 0 Å². The number of esters is 3. The van der Waals surface area contributed by atoms with Gasteiger partial charge in [0.25, 0.3) is 0 Å². The molecule has 6 heteroatoms. The molecule has 0 aromatic heterocycles. The van der Waals surface area contributed by atoms with E-state index < -0.39 is 6.10 Å². The van der Waals surface area contributed by atoms with Crippen molar-refractivity contribution < 1.29 is 28.6 Å². The molecule has 1 unspecified atom stereocenters. The van der Waals surface area contributed by atoms with Crippen LogP contribution in [0.2, 0.25) is 0 Å². The topological polar surface area (TPSA) is 78.9 Å². The van der Waals surface area contributed by atoms with Gasteiger partial charge in [0.2, 0.25) is 0 Å². The number of hydrogen-bond donors (Lipinski definition) is 0. The lowest BCUT2D eigenvalue weighted by Gasteiger charge is -2.18. The Morgan fingerprint density at radius 3 is 0.892 bits per heavy atom. The maximum absolute atomic E-state index is 12.8. The summed E-state index contributed by atoms with van der Waals surface area (Å²) in [6, 6.07) is 0. The predicted octanol–water partition coefficient (Wildman–Crippen LogP) is 20.8. The second-order valence-corrected chi connectivity index (χ2v) is 19.9. The van der Waals surface area contributed by atoms with Crippen LogP contribution in [0.3, 0.4) is 0 Å². The van der Waals surface area contributed by atoms with Gasteiger partial charge in [-0.2, -0.15) is 0 Å². The normalized spacial score (nSPS) is 13.0. The molecule has 0 fully saturated rings. The monoisotopic (exact) mass is 1020 g/mol. The van der Waals surface area contributed by atoms with E-state index in [1.54, 1.807) is 0 Å². The molecule has 420 valence electrons. The Bertz CT molecular complexity index is 1550. The molecule has 0 spiro atoms. The van der Waals surface area contributed by atoms with Crippen molar-refractivity contribution in [2.45, 2.75) is 277 Å². The summed E-state index contributed by atoms with van der Waals surface area (Å²) in [4.78, 5) is 38.1. The number of unbranched alkanes of at least 4 members (excludes halogenated alkanes) is 23. The van der Waals surface area contributed by atoms with Crippen molar-refractivity contribution in [3.05, 3.63) is 122 Å². The van der Waals surface area contributed by atoms with E-state index in [0.29, 0.717) is 19.3 Å². The van der Waals surface area contributed by atoms with Crippen molar-refractivity contribution in [3.63, 3.8) is 0 Å². The Hall–Kier alpha value is -4.19. The predicted molar refractivity (Wildman–Crippen MR) is 320 cm³/mol. The van der Waals surface area contributed by atoms with Gasteiger partial charge in [0.05, 0.1) is 0 Å². The van der Waals surface area contributed by atoms with Crippen LogP contribution < -0.4 is 0 Å². The van der Waals surface area contributed by atoms with Crippen molar-refractivity contribution in [2.75, 3.05) is 13.2 Å². The Balaban J connectivity index is 4.41. The highest BCUT2D eigenvalue weighted by atomic mass is 16.6. The lowest BCUT2D eigenvalue weighted by atomic mass is 10.1. The molecule has 0 bridgehead atoms. The first-order valence-electron chi connectivity index (χ1n) is 30.5. The zero-order chi connectivity index (χ0) is 53.6. The van der Waals surface area contributed by atoms with Crippen LogP contribution in [0.5, 0.6) is 0 Å². The van der Waals surface area contributed by atoms with E-state index >= 15 is 0 Å². The van der Waals surface area contributed by atoms with Gasteiger partial charge in [0.15, 0.2) is 6.10 Å². The van der Waals surface area contributed by atoms with Crippen LogP contribution in [-0.4, -0.2) is 37.2 Å². The van der Waals surface area contributed by atoms with Gasteiger partial charge in [-0.3, -0.25) is 14.4 Å². The molecule has 0 aliphatic rings. The summed E-state index contributed by atoms with van der Waals surface area (Å²) in [6.45, 7) is 6.46. The van der Waals surface area contributed by atoms with E-state index in [4.69, 9.17) is 14.2 Å². The van der Waals surface area contributed by atoms with Gasteiger partial charge in [0.1, 0.15) is 13.2 Å². The lowest BCUT2D eigenvalue weighted by Crippen LogP contribution is -2.30. The molecule has 0 rings (SSSR count). The Kier molecular flexibility index (Phi) is 57.9. The minimum Gasteiger partial charge on any atom is -0.462 e. The number of rotatable bonds is 54. The van der Waals surface area contributed by atoms with Gasteiger partial charge < -0.3 is 14.2 Å². The Morgan fingerprint density at radius 2 is 0.541 bits per heavy atom. The van der Waals surface area contributed by atoms with E-state index in [0.717, 1.165) is 116 Å². The summed E-state index contributed by atoms with van der Waals surface area (Å²) in [5.74, 6) is -0.970. The van der Waals surface area contributed by atoms with Crippen molar-refractivity contribution >= 4 is 17.9 Å². The van der Waals surface area contributed by atoms with E-state index in [2.05, 4.69) is 142 Å². The van der Waals surface area contributed by atoms with Gasteiger partial charge >= 0.3 is 17.9 Å². The molecule has 0 amide bonds. The number of allylic oxidation sites excluding steroid dienone is 20. The smallest absolute Gasteiger partial charge is 0.306 e. The molecular formula is C68H112O6. The van der Waals surface area contributed by atoms with E-state index in [1.807, 2.05) is 0 Å². The van der Waals surface area contributed by atoms with E-state index in [1.165, 1.54) is 109 Å². The minimum atomic E-state index is -0.807.